The molecule has 0 spiro atoms. The first-order valence-electron chi connectivity index (χ1n) is 6.91. The molecule has 21 heavy (non-hydrogen) atoms. The molecule has 0 radical (unpaired) electrons. The lowest BCUT2D eigenvalue weighted by Crippen LogP contribution is -2.20. The van der Waals surface area contributed by atoms with Gasteiger partial charge in [0.1, 0.15) is 5.75 Å². The lowest BCUT2D eigenvalue weighted by molar-refractivity contribution is 0.352. The largest absolute Gasteiger partial charge is 0.493 e. The van der Waals surface area contributed by atoms with E-state index in [1.807, 2.05) is 31.3 Å². The van der Waals surface area contributed by atoms with Gasteiger partial charge in [0.05, 0.1) is 23.4 Å². The van der Waals surface area contributed by atoms with Crippen molar-refractivity contribution in [2.75, 3.05) is 13.7 Å². The van der Waals surface area contributed by atoms with Gasteiger partial charge in [-0.1, -0.05) is 23.2 Å². The zero-order valence-electron chi connectivity index (χ0n) is 11.7. The molecule has 1 N–H and O–H groups in total. The van der Waals surface area contributed by atoms with E-state index in [9.17, 15) is 0 Å². The first-order valence-corrected chi connectivity index (χ1v) is 7.66. The molecule has 0 saturated heterocycles. The SMILES string of the molecule is CNC(Cc1cc(Cl)cc2c1OCC2)c1ncccc1Cl. The minimum Gasteiger partial charge on any atom is -0.493 e. The fourth-order valence-corrected chi connectivity index (χ4v) is 3.22. The van der Waals surface area contributed by atoms with Crippen LogP contribution in [0, 0.1) is 0 Å². The molecule has 0 aliphatic carbocycles. The van der Waals surface area contributed by atoms with Crippen molar-refractivity contribution in [3.8, 4) is 5.75 Å². The molecule has 1 aliphatic heterocycles. The summed E-state index contributed by atoms with van der Waals surface area (Å²) in [5.74, 6) is 0.965. The third-order valence-electron chi connectivity index (χ3n) is 3.71. The Bertz CT molecular complexity index is 661. The van der Waals surface area contributed by atoms with Crippen molar-refractivity contribution in [3.63, 3.8) is 0 Å². The molecule has 3 rings (SSSR count). The number of likely N-dealkylation sites (N-methyl/N-ethyl adjacent to an activating group) is 1. The molecule has 0 amide bonds. The van der Waals surface area contributed by atoms with Crippen LogP contribution in [0.5, 0.6) is 5.75 Å². The van der Waals surface area contributed by atoms with Crippen molar-refractivity contribution in [1.82, 2.24) is 10.3 Å². The number of hydrogen-bond acceptors (Lipinski definition) is 3. The van der Waals surface area contributed by atoms with Crippen LogP contribution in [0.1, 0.15) is 22.9 Å². The number of pyridine rings is 1. The molecule has 0 saturated carbocycles. The first kappa shape index (κ1) is 14.6. The summed E-state index contributed by atoms with van der Waals surface area (Å²) in [5.41, 5.74) is 3.11. The van der Waals surface area contributed by atoms with E-state index < -0.39 is 0 Å². The van der Waals surface area contributed by atoms with Gasteiger partial charge in [-0.15, -0.1) is 0 Å². The van der Waals surface area contributed by atoms with Gasteiger partial charge in [0.2, 0.25) is 0 Å². The number of nitrogens with zero attached hydrogens (tertiary/aromatic N) is 1. The van der Waals surface area contributed by atoms with E-state index >= 15 is 0 Å². The summed E-state index contributed by atoms with van der Waals surface area (Å²) < 4.78 is 5.76. The lowest BCUT2D eigenvalue weighted by atomic mass is 9.99. The molecule has 1 unspecified atom stereocenters. The van der Waals surface area contributed by atoms with Crippen LogP contribution >= 0.6 is 23.2 Å². The van der Waals surface area contributed by atoms with Crippen molar-refractivity contribution < 1.29 is 4.74 Å². The van der Waals surface area contributed by atoms with Crippen molar-refractivity contribution in [2.45, 2.75) is 18.9 Å². The Labute approximate surface area is 134 Å². The fraction of sp³-hybridized carbons (Fsp3) is 0.312. The van der Waals surface area contributed by atoms with Gasteiger partial charge in [-0.3, -0.25) is 4.98 Å². The molecule has 0 fully saturated rings. The minimum absolute atomic E-state index is 0.0190. The molecule has 1 aromatic heterocycles. The van der Waals surface area contributed by atoms with Gasteiger partial charge < -0.3 is 10.1 Å². The van der Waals surface area contributed by atoms with E-state index in [2.05, 4.69) is 10.3 Å². The quantitative estimate of drug-likeness (QED) is 0.929. The second-order valence-electron chi connectivity index (χ2n) is 5.07. The Morgan fingerprint density at radius 2 is 2.24 bits per heavy atom. The van der Waals surface area contributed by atoms with E-state index in [0.717, 1.165) is 41.5 Å². The first-order chi connectivity index (χ1) is 10.2. The predicted molar refractivity (Wildman–Crippen MR) is 85.4 cm³/mol. The highest BCUT2D eigenvalue weighted by Crippen LogP contribution is 2.35. The second kappa shape index (κ2) is 6.22. The van der Waals surface area contributed by atoms with E-state index in [4.69, 9.17) is 27.9 Å². The monoisotopic (exact) mass is 322 g/mol. The maximum Gasteiger partial charge on any atom is 0.125 e. The number of rotatable bonds is 4. The smallest absolute Gasteiger partial charge is 0.125 e. The molecule has 110 valence electrons. The molecule has 0 bridgehead atoms. The Balaban J connectivity index is 1.94. The van der Waals surface area contributed by atoms with Crippen LogP contribution in [0.3, 0.4) is 0 Å². The van der Waals surface area contributed by atoms with Gasteiger partial charge in [-0.05, 0) is 48.9 Å². The summed E-state index contributed by atoms with van der Waals surface area (Å²) in [6.07, 6.45) is 3.40. The average molecular weight is 323 g/mol. The Hall–Kier alpha value is -1.29. The van der Waals surface area contributed by atoms with E-state index in [1.165, 1.54) is 5.56 Å². The van der Waals surface area contributed by atoms with Crippen LogP contribution in [-0.4, -0.2) is 18.6 Å². The van der Waals surface area contributed by atoms with Crippen molar-refractivity contribution in [2.24, 2.45) is 0 Å². The van der Waals surface area contributed by atoms with Gasteiger partial charge in [0, 0.05) is 17.6 Å². The Kier molecular flexibility index (Phi) is 4.34. The second-order valence-corrected chi connectivity index (χ2v) is 5.91. The topological polar surface area (TPSA) is 34.1 Å². The molecular formula is C16H16Cl2N2O. The third-order valence-corrected chi connectivity index (χ3v) is 4.25. The third kappa shape index (κ3) is 3.00. The maximum atomic E-state index is 6.25. The van der Waals surface area contributed by atoms with Gasteiger partial charge in [-0.2, -0.15) is 0 Å². The van der Waals surface area contributed by atoms with E-state index in [0.29, 0.717) is 5.02 Å². The molecule has 2 heterocycles. The Morgan fingerprint density at radius 1 is 1.38 bits per heavy atom. The maximum absolute atomic E-state index is 6.25. The minimum atomic E-state index is 0.0190. The van der Waals surface area contributed by atoms with Gasteiger partial charge in [-0.25, -0.2) is 0 Å². The van der Waals surface area contributed by atoms with Crippen LogP contribution in [-0.2, 0) is 12.8 Å². The number of benzene rings is 1. The summed E-state index contributed by atoms with van der Waals surface area (Å²) in [6, 6.07) is 7.65. The van der Waals surface area contributed by atoms with E-state index in [1.54, 1.807) is 6.20 Å². The lowest BCUT2D eigenvalue weighted by Gasteiger charge is -2.18. The number of halogens is 2. The van der Waals surface area contributed by atoms with Gasteiger partial charge >= 0.3 is 0 Å². The highest BCUT2D eigenvalue weighted by Gasteiger charge is 2.22. The molecule has 5 heteroatoms. The van der Waals surface area contributed by atoms with Crippen LogP contribution < -0.4 is 10.1 Å². The van der Waals surface area contributed by atoms with Crippen LogP contribution in [0.4, 0.5) is 0 Å². The molecular weight excluding hydrogens is 307 g/mol. The van der Waals surface area contributed by atoms with Crippen LogP contribution in [0.2, 0.25) is 10.0 Å². The highest BCUT2D eigenvalue weighted by molar-refractivity contribution is 6.31. The molecule has 1 aromatic carbocycles. The molecule has 2 aromatic rings. The van der Waals surface area contributed by atoms with Crippen LogP contribution in [0.25, 0.3) is 0 Å². The standard InChI is InChI=1S/C16H16Cl2N2O/c1-19-14(15-13(18)3-2-5-20-15)9-11-8-12(17)7-10-4-6-21-16(10)11/h2-3,5,7-8,14,19H,4,6,9H2,1H3. The summed E-state index contributed by atoms with van der Waals surface area (Å²) in [6.45, 7) is 0.719. The number of fused-ring (bicyclic) bond motifs is 1. The number of ether oxygens (including phenoxy) is 1. The van der Waals surface area contributed by atoms with E-state index in [-0.39, 0.29) is 6.04 Å². The van der Waals surface area contributed by atoms with Gasteiger partial charge in [0.15, 0.2) is 0 Å². The number of nitrogens with one attached hydrogen (secondary N) is 1. The summed E-state index contributed by atoms with van der Waals surface area (Å²) >= 11 is 12.5. The molecule has 1 aliphatic rings. The fourth-order valence-electron chi connectivity index (χ4n) is 2.71. The average Bonchev–Trinajstić information content (AvgIpc) is 2.93. The normalized spacial score (nSPS) is 14.6. The van der Waals surface area contributed by atoms with Gasteiger partial charge in [0.25, 0.3) is 0 Å². The van der Waals surface area contributed by atoms with Crippen molar-refractivity contribution in [3.05, 3.63) is 57.3 Å². The predicted octanol–water partition coefficient (Wildman–Crippen LogP) is 3.83. The molecule has 1 atom stereocenters. The van der Waals surface area contributed by atoms with Crippen molar-refractivity contribution >= 4 is 23.2 Å². The summed E-state index contributed by atoms with van der Waals surface area (Å²) in [5, 5.41) is 4.68. The number of hydrogen-bond donors (Lipinski definition) is 1. The van der Waals surface area contributed by atoms with Crippen LogP contribution in [0.15, 0.2) is 30.5 Å². The Morgan fingerprint density at radius 3 is 3.00 bits per heavy atom. The van der Waals surface area contributed by atoms with Crippen molar-refractivity contribution in [1.29, 1.82) is 0 Å². The zero-order chi connectivity index (χ0) is 14.8. The summed E-state index contributed by atoms with van der Waals surface area (Å²) in [7, 11) is 1.90. The zero-order valence-corrected chi connectivity index (χ0v) is 13.2. The number of aromatic nitrogens is 1. The highest BCUT2D eigenvalue weighted by atomic mass is 35.5. The molecule has 3 nitrogen and oxygen atoms in total. The summed E-state index contributed by atoms with van der Waals surface area (Å²) in [4.78, 5) is 4.39.